The molecule has 0 unspecified atom stereocenters. The van der Waals surface area contributed by atoms with Crippen LogP contribution in [0.15, 0.2) is 48.9 Å². The Morgan fingerprint density at radius 1 is 1.04 bits per heavy atom. The van der Waals surface area contributed by atoms with E-state index in [2.05, 4.69) is 34.5 Å². The molecule has 1 fully saturated rings. The monoisotopic (exact) mass is 715 g/mol. The predicted octanol–water partition coefficient (Wildman–Crippen LogP) is 3.02. The highest BCUT2D eigenvalue weighted by Crippen LogP contribution is 2.37. The number of carbonyl (C=O) groups excluding carboxylic acids is 3. The minimum Gasteiger partial charge on any atom is -0.397 e. The fourth-order valence-electron chi connectivity index (χ4n) is 5.77. The summed E-state index contributed by atoms with van der Waals surface area (Å²) in [6, 6.07) is 7.33. The first-order valence-electron chi connectivity index (χ1n) is 16.1. The van der Waals surface area contributed by atoms with Gasteiger partial charge in [0.15, 0.2) is 17.3 Å². The van der Waals surface area contributed by atoms with E-state index in [4.69, 9.17) is 17.3 Å². The van der Waals surface area contributed by atoms with Crippen LogP contribution in [0, 0.1) is 5.92 Å². The normalized spacial score (nSPS) is 14.3. The van der Waals surface area contributed by atoms with Crippen molar-refractivity contribution in [1.29, 1.82) is 0 Å². The Balaban J connectivity index is 1.26. The van der Waals surface area contributed by atoms with Crippen LogP contribution in [0.25, 0.3) is 17.1 Å². The number of quaternary nitrogens is 1. The van der Waals surface area contributed by atoms with E-state index in [1.165, 1.54) is 53.0 Å². The van der Waals surface area contributed by atoms with Gasteiger partial charge in [-0.05, 0) is 36.8 Å². The van der Waals surface area contributed by atoms with Crippen molar-refractivity contribution in [1.82, 2.24) is 34.1 Å². The van der Waals surface area contributed by atoms with Crippen molar-refractivity contribution < 1.29 is 32.5 Å². The minimum absolute atomic E-state index is 0.00952. The maximum Gasteiger partial charge on any atom is 0.435 e. The number of benzene rings is 1. The summed E-state index contributed by atoms with van der Waals surface area (Å²) in [5.41, 5.74) is 4.96. The number of hydrogen-bond donors (Lipinski definition) is 3. The third-order valence-electron chi connectivity index (χ3n) is 8.63. The highest BCUT2D eigenvalue weighted by atomic mass is 35.5. The number of aromatic nitrogens is 5. The van der Waals surface area contributed by atoms with Gasteiger partial charge in [-0.2, -0.15) is 18.3 Å². The largest absolute Gasteiger partial charge is 0.435 e. The number of nitrogens with zero attached hydrogens (tertiary/aromatic N) is 7. The van der Waals surface area contributed by atoms with Crippen LogP contribution in [-0.4, -0.2) is 98.7 Å². The standard InChI is InChI=1S/C33H38ClF3N10O3/c1-5-20(10-11-43(2)3)31(49)45-12-14-46(15-13-45)32(50)23-8-7-22(16-25(23)34)41-30(48)29-40-18-26(44(29)4)24-19-47(42-28(24)33(35,36)37)27-9-6-21(38)17-39-27/h6-9,16-20H,5,10-15,38H2,1-4H3,(H,41,48)/p+1/t20-/m1/s1. The summed E-state index contributed by atoms with van der Waals surface area (Å²) in [5, 5.41) is 6.44. The lowest BCUT2D eigenvalue weighted by atomic mass is 10.00. The van der Waals surface area contributed by atoms with Gasteiger partial charge >= 0.3 is 6.18 Å². The second-order valence-corrected chi connectivity index (χ2v) is 12.8. The van der Waals surface area contributed by atoms with Crippen molar-refractivity contribution in [3.05, 3.63) is 71.0 Å². The van der Waals surface area contributed by atoms with Crippen molar-refractivity contribution in [2.75, 3.05) is 57.9 Å². The van der Waals surface area contributed by atoms with Gasteiger partial charge in [-0.3, -0.25) is 14.4 Å². The maximum atomic E-state index is 14.0. The number of nitrogen functional groups attached to an aromatic ring is 1. The average molecular weight is 716 g/mol. The number of halogens is 4. The summed E-state index contributed by atoms with van der Waals surface area (Å²) in [7, 11) is 5.52. The fourth-order valence-corrected chi connectivity index (χ4v) is 6.03. The molecule has 0 bridgehead atoms. The van der Waals surface area contributed by atoms with Crippen molar-refractivity contribution in [2.24, 2.45) is 13.0 Å². The molecule has 17 heteroatoms. The quantitative estimate of drug-likeness (QED) is 0.229. The highest BCUT2D eigenvalue weighted by Gasteiger charge is 2.39. The number of anilines is 2. The van der Waals surface area contributed by atoms with Crippen LogP contribution in [0.1, 0.15) is 46.4 Å². The van der Waals surface area contributed by atoms with Gasteiger partial charge in [0.25, 0.3) is 11.8 Å². The Morgan fingerprint density at radius 3 is 2.34 bits per heavy atom. The molecule has 5 rings (SSSR count). The first kappa shape index (κ1) is 36.3. The third kappa shape index (κ3) is 7.91. The Labute approximate surface area is 291 Å². The summed E-state index contributed by atoms with van der Waals surface area (Å²) >= 11 is 6.50. The van der Waals surface area contributed by atoms with Crippen LogP contribution in [0.5, 0.6) is 0 Å². The fraction of sp³-hybridized carbons (Fsp3) is 0.394. The molecule has 13 nitrogen and oxygen atoms in total. The van der Waals surface area contributed by atoms with Crippen molar-refractivity contribution in [3.63, 3.8) is 0 Å². The molecular weight excluding hydrogens is 677 g/mol. The van der Waals surface area contributed by atoms with Crippen molar-refractivity contribution in [3.8, 4) is 17.1 Å². The zero-order chi connectivity index (χ0) is 36.3. The second kappa shape index (κ2) is 14.9. The van der Waals surface area contributed by atoms with E-state index in [1.54, 1.807) is 4.90 Å². The van der Waals surface area contributed by atoms with Crippen molar-refractivity contribution >= 4 is 40.7 Å². The molecule has 266 valence electrons. The number of piperazine rings is 1. The smallest absolute Gasteiger partial charge is 0.397 e. The van der Waals surface area contributed by atoms with Gasteiger partial charge in [-0.15, -0.1) is 0 Å². The average Bonchev–Trinajstić information content (AvgIpc) is 3.69. The molecule has 3 aromatic heterocycles. The Hall–Kier alpha value is -4.96. The van der Waals surface area contributed by atoms with Crippen LogP contribution in [0.3, 0.4) is 0 Å². The SMILES string of the molecule is CC[C@H](CC[NH+](C)C)C(=O)N1CCN(C(=O)c2ccc(NC(=O)c3ncc(-c4cn(-c5ccc(N)cn5)nc4C(F)(F)F)n3C)cc2Cl)CC1. The molecule has 1 aliphatic heterocycles. The Bertz CT molecular complexity index is 1870. The van der Waals surface area contributed by atoms with Gasteiger partial charge in [0.05, 0.1) is 60.6 Å². The molecule has 0 saturated carbocycles. The minimum atomic E-state index is -4.81. The molecule has 1 aliphatic rings. The molecule has 1 atom stereocenters. The highest BCUT2D eigenvalue weighted by molar-refractivity contribution is 6.34. The van der Waals surface area contributed by atoms with Gasteiger partial charge in [0.1, 0.15) is 0 Å². The number of amides is 3. The summed E-state index contributed by atoms with van der Waals surface area (Å²) < 4.78 is 44.2. The molecule has 3 amide bonds. The van der Waals surface area contributed by atoms with E-state index in [0.717, 1.165) is 36.5 Å². The van der Waals surface area contributed by atoms with Crippen LogP contribution < -0.4 is 16.0 Å². The lowest BCUT2D eigenvalue weighted by Gasteiger charge is -2.36. The van der Waals surface area contributed by atoms with Gasteiger partial charge in [-0.1, -0.05) is 18.5 Å². The molecule has 0 radical (unpaired) electrons. The lowest BCUT2D eigenvalue weighted by Crippen LogP contribution is -3.05. The van der Waals surface area contributed by atoms with E-state index < -0.39 is 17.8 Å². The molecule has 4 heterocycles. The van der Waals surface area contributed by atoms with E-state index in [1.807, 2.05) is 11.8 Å². The first-order valence-corrected chi connectivity index (χ1v) is 16.4. The molecule has 4 aromatic rings. The second-order valence-electron chi connectivity index (χ2n) is 12.4. The lowest BCUT2D eigenvalue weighted by molar-refractivity contribution is -0.858. The molecule has 0 aliphatic carbocycles. The third-order valence-corrected chi connectivity index (χ3v) is 8.94. The molecule has 1 saturated heterocycles. The number of alkyl halides is 3. The number of pyridine rings is 1. The van der Waals surface area contributed by atoms with Gasteiger partial charge in [0, 0.05) is 57.4 Å². The van der Waals surface area contributed by atoms with E-state index >= 15 is 0 Å². The number of nitrogens with two attached hydrogens (primary N) is 1. The number of rotatable bonds is 10. The number of nitrogens with one attached hydrogen (secondary N) is 2. The zero-order valence-corrected chi connectivity index (χ0v) is 28.8. The number of hydrogen-bond acceptors (Lipinski definition) is 7. The first-order chi connectivity index (χ1) is 23.7. The van der Waals surface area contributed by atoms with E-state index in [9.17, 15) is 27.6 Å². The maximum absolute atomic E-state index is 14.0. The van der Waals surface area contributed by atoms with Gasteiger partial charge in [0.2, 0.25) is 5.91 Å². The summed E-state index contributed by atoms with van der Waals surface area (Å²) in [5.74, 6) is -1.01. The Kier molecular flexibility index (Phi) is 10.8. The number of imidazole rings is 1. The molecule has 0 spiro atoms. The zero-order valence-electron chi connectivity index (χ0n) is 28.1. The topological polar surface area (TPSA) is 149 Å². The van der Waals surface area contributed by atoms with Crippen LogP contribution >= 0.6 is 11.6 Å². The molecule has 50 heavy (non-hydrogen) atoms. The molecular formula is C33H39ClF3N10O3+. The van der Waals surface area contributed by atoms with Crippen LogP contribution in [-0.2, 0) is 18.0 Å². The summed E-state index contributed by atoms with van der Waals surface area (Å²) in [6.07, 6.45) is 0.363. The van der Waals surface area contributed by atoms with E-state index in [0.29, 0.717) is 31.9 Å². The Morgan fingerprint density at radius 2 is 1.74 bits per heavy atom. The van der Waals surface area contributed by atoms with Crippen molar-refractivity contribution in [2.45, 2.75) is 25.9 Å². The predicted molar refractivity (Wildman–Crippen MR) is 181 cm³/mol. The molecule has 1 aromatic carbocycles. The van der Waals surface area contributed by atoms with Crippen LogP contribution in [0.4, 0.5) is 24.5 Å². The van der Waals surface area contributed by atoms with Gasteiger partial charge < -0.3 is 30.3 Å². The van der Waals surface area contributed by atoms with E-state index in [-0.39, 0.29) is 56.9 Å². The summed E-state index contributed by atoms with van der Waals surface area (Å²) in [4.78, 5) is 52.5. The summed E-state index contributed by atoms with van der Waals surface area (Å²) in [6.45, 7) is 4.50. The number of carbonyl (C=O) groups is 3. The molecule has 4 N–H and O–H groups in total. The van der Waals surface area contributed by atoms with Gasteiger partial charge in [-0.25, -0.2) is 14.6 Å². The van der Waals surface area contributed by atoms with Crippen LogP contribution in [0.2, 0.25) is 5.02 Å².